The molecule has 0 unspecified atom stereocenters. The van der Waals surface area contributed by atoms with E-state index in [0.717, 1.165) is 10.9 Å². The predicted molar refractivity (Wildman–Crippen MR) is 76.4 cm³/mol. The molecule has 0 saturated heterocycles. The molecule has 0 spiro atoms. The fraction of sp³-hybridized carbons (Fsp3) is 0.231. The summed E-state index contributed by atoms with van der Waals surface area (Å²) < 4.78 is 12.0. The van der Waals surface area contributed by atoms with E-state index in [4.69, 9.17) is 15.2 Å². The molecule has 6 heteroatoms. The molecule has 1 aromatic carbocycles. The third kappa shape index (κ3) is 3.57. The molecule has 0 saturated carbocycles. The van der Waals surface area contributed by atoms with E-state index >= 15 is 0 Å². The van der Waals surface area contributed by atoms with Crippen LogP contribution < -0.4 is 15.2 Å². The quantitative estimate of drug-likeness (QED) is 0.913. The second-order valence-corrected chi connectivity index (χ2v) is 4.72. The van der Waals surface area contributed by atoms with Crippen LogP contribution in [-0.4, -0.2) is 16.6 Å². The summed E-state index contributed by atoms with van der Waals surface area (Å²) in [6, 6.07) is 7.39. The molecule has 2 N–H and O–H groups in total. The summed E-state index contributed by atoms with van der Waals surface area (Å²) in [6.45, 7) is 2.57. The molecule has 0 radical (unpaired) electrons. The van der Waals surface area contributed by atoms with Crippen molar-refractivity contribution in [2.75, 3.05) is 12.3 Å². The molecular weight excluding hydrogens is 310 g/mol. The smallest absolute Gasteiger partial charge is 0.249 e. The van der Waals surface area contributed by atoms with Crippen molar-refractivity contribution in [1.29, 1.82) is 0 Å². The van der Waals surface area contributed by atoms with Crippen molar-refractivity contribution in [3.8, 4) is 17.5 Å². The number of hydrogen-bond acceptors (Lipinski definition) is 5. The summed E-state index contributed by atoms with van der Waals surface area (Å²) in [7, 11) is 0. The number of hydrogen-bond donors (Lipinski definition) is 1. The standard InChI is InChI=1S/C13H14BrN3O2/c1-2-7-18-12-11(15)13(17-8-16-12)19-10-5-3-9(14)4-6-10/h3-6,8H,2,7,15H2,1H3. The molecule has 5 nitrogen and oxygen atoms in total. The Bertz CT molecular complexity index is 546. The highest BCUT2D eigenvalue weighted by Crippen LogP contribution is 2.30. The Labute approximate surface area is 119 Å². The van der Waals surface area contributed by atoms with Gasteiger partial charge in [0.2, 0.25) is 11.8 Å². The first kappa shape index (κ1) is 13.6. The van der Waals surface area contributed by atoms with Gasteiger partial charge in [-0.05, 0) is 30.7 Å². The molecule has 0 aliphatic carbocycles. The summed E-state index contributed by atoms with van der Waals surface area (Å²) in [5.74, 6) is 1.29. The molecule has 0 bridgehead atoms. The first-order valence-electron chi connectivity index (χ1n) is 5.87. The number of nitrogens with zero attached hydrogens (tertiary/aromatic N) is 2. The van der Waals surface area contributed by atoms with Gasteiger partial charge in [-0.15, -0.1) is 0 Å². The van der Waals surface area contributed by atoms with Gasteiger partial charge in [0.1, 0.15) is 12.1 Å². The molecule has 1 heterocycles. The second-order valence-electron chi connectivity index (χ2n) is 3.80. The van der Waals surface area contributed by atoms with Crippen molar-refractivity contribution in [3.63, 3.8) is 0 Å². The molecule has 0 aliphatic heterocycles. The van der Waals surface area contributed by atoms with E-state index in [1.165, 1.54) is 6.33 Å². The van der Waals surface area contributed by atoms with Crippen LogP contribution in [0.4, 0.5) is 5.69 Å². The van der Waals surface area contributed by atoms with E-state index in [1.807, 2.05) is 31.2 Å². The predicted octanol–water partition coefficient (Wildman–Crippen LogP) is 3.40. The average molecular weight is 324 g/mol. The Hall–Kier alpha value is -1.82. The van der Waals surface area contributed by atoms with Gasteiger partial charge in [0.05, 0.1) is 6.61 Å². The molecule has 1 aromatic heterocycles. The minimum atomic E-state index is 0.295. The Morgan fingerprint density at radius 3 is 2.53 bits per heavy atom. The van der Waals surface area contributed by atoms with Gasteiger partial charge in [0.25, 0.3) is 0 Å². The maximum atomic E-state index is 5.92. The van der Waals surface area contributed by atoms with Crippen LogP contribution in [0.1, 0.15) is 13.3 Å². The Kier molecular flexibility index (Phi) is 4.57. The fourth-order valence-electron chi connectivity index (χ4n) is 1.37. The molecule has 19 heavy (non-hydrogen) atoms. The molecule has 0 fully saturated rings. The van der Waals surface area contributed by atoms with Crippen molar-refractivity contribution in [2.24, 2.45) is 0 Å². The lowest BCUT2D eigenvalue weighted by Gasteiger charge is -2.10. The van der Waals surface area contributed by atoms with Crippen molar-refractivity contribution in [3.05, 3.63) is 35.1 Å². The number of nitrogen functional groups attached to an aromatic ring is 1. The van der Waals surface area contributed by atoms with Gasteiger partial charge in [-0.2, -0.15) is 9.97 Å². The summed E-state index contributed by atoms with van der Waals surface area (Å²) in [5.41, 5.74) is 6.22. The molecule has 2 aromatic rings. The number of ether oxygens (including phenoxy) is 2. The van der Waals surface area contributed by atoms with Crippen LogP contribution in [0.15, 0.2) is 35.1 Å². The summed E-state index contributed by atoms with van der Waals surface area (Å²) in [4.78, 5) is 8.00. The van der Waals surface area contributed by atoms with E-state index in [9.17, 15) is 0 Å². The zero-order valence-electron chi connectivity index (χ0n) is 10.5. The largest absolute Gasteiger partial charge is 0.476 e. The Balaban J connectivity index is 2.18. The van der Waals surface area contributed by atoms with Crippen LogP contribution in [0.3, 0.4) is 0 Å². The third-order valence-corrected chi connectivity index (χ3v) is 2.81. The fourth-order valence-corrected chi connectivity index (χ4v) is 1.64. The molecule has 100 valence electrons. The third-order valence-electron chi connectivity index (χ3n) is 2.28. The highest BCUT2D eigenvalue weighted by molar-refractivity contribution is 9.10. The minimum absolute atomic E-state index is 0.295. The highest BCUT2D eigenvalue weighted by Gasteiger charge is 2.11. The van der Waals surface area contributed by atoms with Gasteiger partial charge < -0.3 is 15.2 Å². The van der Waals surface area contributed by atoms with E-state index in [-0.39, 0.29) is 0 Å². The van der Waals surface area contributed by atoms with Crippen LogP contribution in [0, 0.1) is 0 Å². The van der Waals surface area contributed by atoms with Gasteiger partial charge in [0.15, 0.2) is 5.69 Å². The number of nitrogens with two attached hydrogens (primary N) is 1. The highest BCUT2D eigenvalue weighted by atomic mass is 79.9. The Morgan fingerprint density at radius 2 is 1.84 bits per heavy atom. The van der Waals surface area contributed by atoms with E-state index in [2.05, 4.69) is 25.9 Å². The van der Waals surface area contributed by atoms with Crippen molar-refractivity contribution >= 4 is 21.6 Å². The van der Waals surface area contributed by atoms with Crippen LogP contribution >= 0.6 is 15.9 Å². The molecule has 0 atom stereocenters. The number of aromatic nitrogens is 2. The van der Waals surface area contributed by atoms with Crippen LogP contribution in [0.5, 0.6) is 17.5 Å². The zero-order valence-corrected chi connectivity index (χ0v) is 12.1. The molecule has 0 aliphatic rings. The summed E-state index contributed by atoms with van der Waals surface area (Å²) in [6.07, 6.45) is 2.25. The number of anilines is 1. The topological polar surface area (TPSA) is 70.3 Å². The molecule has 0 amide bonds. The Morgan fingerprint density at radius 1 is 1.16 bits per heavy atom. The second kappa shape index (κ2) is 6.38. The van der Waals surface area contributed by atoms with Gasteiger partial charge in [0, 0.05) is 4.47 Å². The van der Waals surface area contributed by atoms with Crippen LogP contribution in [0.2, 0.25) is 0 Å². The first-order valence-corrected chi connectivity index (χ1v) is 6.66. The lowest BCUT2D eigenvalue weighted by Crippen LogP contribution is -2.04. The summed E-state index contributed by atoms with van der Waals surface area (Å²) >= 11 is 3.36. The van der Waals surface area contributed by atoms with Crippen molar-refractivity contribution in [2.45, 2.75) is 13.3 Å². The van der Waals surface area contributed by atoms with Crippen molar-refractivity contribution < 1.29 is 9.47 Å². The first-order chi connectivity index (χ1) is 9.20. The van der Waals surface area contributed by atoms with Crippen molar-refractivity contribution in [1.82, 2.24) is 9.97 Å². The maximum Gasteiger partial charge on any atom is 0.249 e. The van der Waals surface area contributed by atoms with Gasteiger partial charge in [-0.25, -0.2) is 0 Å². The van der Waals surface area contributed by atoms with E-state index in [0.29, 0.717) is 29.8 Å². The van der Waals surface area contributed by atoms with Gasteiger partial charge in [-0.1, -0.05) is 22.9 Å². The normalized spacial score (nSPS) is 10.2. The number of benzene rings is 1. The SMILES string of the molecule is CCCOc1ncnc(Oc2ccc(Br)cc2)c1N. The molecular formula is C13H14BrN3O2. The van der Waals surface area contributed by atoms with Crippen LogP contribution in [-0.2, 0) is 0 Å². The number of halogens is 1. The van der Waals surface area contributed by atoms with Gasteiger partial charge >= 0.3 is 0 Å². The maximum absolute atomic E-state index is 5.92. The monoisotopic (exact) mass is 323 g/mol. The minimum Gasteiger partial charge on any atom is -0.476 e. The van der Waals surface area contributed by atoms with E-state index < -0.39 is 0 Å². The van der Waals surface area contributed by atoms with Crippen LogP contribution in [0.25, 0.3) is 0 Å². The lowest BCUT2D eigenvalue weighted by atomic mass is 10.3. The number of rotatable bonds is 5. The average Bonchev–Trinajstić information content (AvgIpc) is 2.42. The van der Waals surface area contributed by atoms with Gasteiger partial charge in [-0.3, -0.25) is 0 Å². The van der Waals surface area contributed by atoms with E-state index in [1.54, 1.807) is 0 Å². The molecule has 2 rings (SSSR count). The summed E-state index contributed by atoms with van der Waals surface area (Å²) in [5, 5.41) is 0. The lowest BCUT2D eigenvalue weighted by molar-refractivity contribution is 0.304. The zero-order chi connectivity index (χ0) is 13.7.